The number of rotatable bonds is 16. The fourth-order valence-electron chi connectivity index (χ4n) is 10.2. The summed E-state index contributed by atoms with van der Waals surface area (Å²) in [5, 5.41) is 26.5. The van der Waals surface area contributed by atoms with Gasteiger partial charge in [0.05, 0.1) is 56.6 Å². The van der Waals surface area contributed by atoms with Gasteiger partial charge in [0.25, 0.3) is 0 Å². The minimum Gasteiger partial charge on any atom is -0.633 e. The second-order valence-electron chi connectivity index (χ2n) is 27.9. The minimum absolute atomic E-state index is 0.0424. The van der Waals surface area contributed by atoms with Crippen LogP contribution in [0.15, 0.2) is 24.3 Å². The minimum atomic E-state index is -2.74. The normalized spacial score (nSPS) is 37.7. The van der Waals surface area contributed by atoms with Gasteiger partial charge in [-0.25, -0.2) is 0 Å². The van der Waals surface area contributed by atoms with Gasteiger partial charge in [-0.1, -0.05) is 107 Å². The maximum absolute atomic E-state index is 15.1. The highest BCUT2D eigenvalue weighted by Gasteiger charge is 2.59. The van der Waals surface area contributed by atoms with E-state index in [1.165, 1.54) is 0 Å². The molecule has 0 amide bonds. The van der Waals surface area contributed by atoms with Crippen LogP contribution in [-0.2, 0) is 56.0 Å². The van der Waals surface area contributed by atoms with Crippen molar-refractivity contribution in [2.45, 2.75) is 295 Å². The summed E-state index contributed by atoms with van der Waals surface area (Å²) in [7, 11) is -2.68. The first-order valence-electron chi connectivity index (χ1n) is 28.4. The lowest BCUT2D eigenvalue weighted by Crippen LogP contribution is -2.71. The average molecular weight is 1120 g/mol. The number of quaternary nitrogens is 1. The van der Waals surface area contributed by atoms with Gasteiger partial charge in [-0.15, -0.1) is 0 Å². The number of hydrogen-bond donors (Lipinski definition) is 1. The molecule has 17 atom stereocenters. The number of nitrogens with zero attached hydrogens (tertiary/aromatic N) is 1. The summed E-state index contributed by atoms with van der Waals surface area (Å²) in [6, 6.07) is -0.899. The molecule has 0 aromatic rings. The van der Waals surface area contributed by atoms with Crippen LogP contribution in [0.2, 0.25) is 54.4 Å². The number of carbonyl (C=O) groups excluding carboxylic acids is 1. The zero-order chi connectivity index (χ0) is 57.1. The molecule has 0 aliphatic carbocycles. The fourth-order valence-corrected chi connectivity index (χ4v) is 14.0. The Kier molecular flexibility index (Phi) is 23.0. The monoisotopic (exact) mass is 1120 g/mol. The van der Waals surface area contributed by atoms with Gasteiger partial charge in [-0.05, 0) is 107 Å². The quantitative estimate of drug-likeness (QED) is 0.0511. The van der Waals surface area contributed by atoms with Crippen molar-refractivity contribution < 1.29 is 65.7 Å². The van der Waals surface area contributed by atoms with E-state index in [2.05, 4.69) is 128 Å². The maximum atomic E-state index is 15.1. The number of unbranched alkanes of at least 4 members (excludes halogenated alkanes) is 1. The number of carbonyl (C=O) groups is 1. The Morgan fingerprint density at radius 1 is 0.760 bits per heavy atom. The summed E-state index contributed by atoms with van der Waals surface area (Å²) in [5.74, 6) is -0.781. The Bertz CT molecular complexity index is 1850. The van der Waals surface area contributed by atoms with Crippen molar-refractivity contribution in [1.82, 2.24) is 0 Å². The summed E-state index contributed by atoms with van der Waals surface area (Å²) in [4.78, 5) is 14.1. The third-order valence-corrected chi connectivity index (χ3v) is 31.2. The van der Waals surface area contributed by atoms with Crippen LogP contribution in [0.25, 0.3) is 0 Å². The highest BCUT2D eigenvalue weighted by molar-refractivity contribution is 6.75. The molecule has 4 aliphatic heterocycles. The standard InChI is InChI=1S/C57H109NO14Si3/c1-25-26-32-63-52-40(5)65-46(36-57(52,15)60)68-48-39(4)66-53(51(47(48)58(16,17)61)72-75(23,24)56(12,13)14)69-49-41-33-37(2)42(70-73(19,20)54(6,7)8)31-29-27-28-30-38(3)64-44(59)35-43(50(49)62-18)67-45(34-41)71-74(21,22)55(9,10)11/h27-29,31,37-43,45-53,60H,25-26,30,32-36H2,1-24H3/b28-27+,31-29+/t37-,38-,39+,40-,41-,42+,43-,45?,46-,47-,48+,49+,50+,51+,52-,53-,57+/m1/s1. The molecule has 1 N–H and O–H groups in total. The summed E-state index contributed by atoms with van der Waals surface area (Å²) in [5.41, 5.74) is -1.27. The highest BCUT2D eigenvalue weighted by Crippen LogP contribution is 2.47. The molecule has 75 heavy (non-hydrogen) atoms. The molecule has 0 aromatic heterocycles. The lowest BCUT2D eigenvalue weighted by atomic mass is 9.83. The van der Waals surface area contributed by atoms with Gasteiger partial charge < -0.3 is 66.1 Å². The van der Waals surface area contributed by atoms with Crippen LogP contribution >= 0.6 is 0 Å². The number of allylic oxidation sites excluding steroid dienone is 2. The van der Waals surface area contributed by atoms with E-state index in [1.807, 2.05) is 32.9 Å². The van der Waals surface area contributed by atoms with Gasteiger partial charge in [-0.3, -0.25) is 4.79 Å². The Morgan fingerprint density at radius 2 is 1.35 bits per heavy atom. The predicted molar refractivity (Wildman–Crippen MR) is 304 cm³/mol. The van der Waals surface area contributed by atoms with E-state index < -0.39 is 121 Å². The second kappa shape index (κ2) is 25.9. The van der Waals surface area contributed by atoms with E-state index in [0.717, 1.165) is 12.8 Å². The predicted octanol–water partition coefficient (Wildman–Crippen LogP) is 11.9. The van der Waals surface area contributed by atoms with Gasteiger partial charge in [-0.2, -0.15) is 0 Å². The molecule has 0 saturated carbocycles. The molecule has 0 aromatic carbocycles. The Morgan fingerprint density at radius 3 is 1.89 bits per heavy atom. The molecule has 3 saturated heterocycles. The number of methoxy groups -OCH3 is 1. The lowest BCUT2D eigenvalue weighted by Gasteiger charge is -2.57. The topological polar surface area (TPSA) is 162 Å². The first-order chi connectivity index (χ1) is 34.2. The molecule has 4 heterocycles. The van der Waals surface area contributed by atoms with Crippen molar-refractivity contribution in [3.8, 4) is 0 Å². The summed E-state index contributed by atoms with van der Waals surface area (Å²) >= 11 is 0. The summed E-state index contributed by atoms with van der Waals surface area (Å²) in [6.07, 6.45) is 2.17. The Labute approximate surface area is 458 Å². The third-order valence-electron chi connectivity index (χ3n) is 17.8. The molecule has 3 fully saturated rings. The molecule has 4 aliphatic rings. The summed E-state index contributed by atoms with van der Waals surface area (Å²) in [6.45, 7) is 45.5. The van der Waals surface area contributed by atoms with Crippen molar-refractivity contribution in [2.24, 2.45) is 11.8 Å². The van der Waals surface area contributed by atoms with Crippen LogP contribution in [0, 0.1) is 17.0 Å². The van der Waals surface area contributed by atoms with Crippen LogP contribution < -0.4 is 0 Å². The smallest absolute Gasteiger partial charge is 0.308 e. The largest absolute Gasteiger partial charge is 0.633 e. The van der Waals surface area contributed by atoms with Crippen molar-refractivity contribution in [1.29, 1.82) is 0 Å². The van der Waals surface area contributed by atoms with Crippen molar-refractivity contribution >= 4 is 30.9 Å². The Hall–Kier alpha value is -0.919. The Balaban J connectivity index is 1.95. The SMILES string of the molecule is CCCCO[C@@H]1[C@@H](C)O[C@H](O[C@@H]2[C@@H]([N+](C)(C)[O-])[C@H](O[Si](C)(C)C(C)(C)C)[C@@H](O[C@H]3[C@H]4CC(O[Si](C)(C)C(C)(C)C)O[C@H](CC(=O)O[C@H](C)C/C=C/C=C/[C@H](O[Si](C)(C)C(C)(C)C)[C@H](C)C4)[C@@H]3OC)O[C@H]2C)C[C@]1(C)O. The van der Waals surface area contributed by atoms with Crippen LogP contribution in [0.5, 0.6) is 0 Å². The molecule has 0 radical (unpaired) electrons. The zero-order valence-corrected chi connectivity index (χ0v) is 54.4. The van der Waals surface area contributed by atoms with E-state index >= 15 is 5.21 Å². The first-order valence-corrected chi connectivity index (χ1v) is 37.1. The second-order valence-corrected chi connectivity index (χ2v) is 42.2. The number of hydroxylamine groups is 3. The van der Waals surface area contributed by atoms with Gasteiger partial charge in [0.2, 0.25) is 0 Å². The number of hydrogen-bond acceptors (Lipinski definition) is 14. The van der Waals surface area contributed by atoms with Crippen LogP contribution in [0.1, 0.15) is 149 Å². The number of likely N-dealkylation sites (N-methyl/N-ethyl adjacent to an activating group) is 1. The molecule has 0 spiro atoms. The van der Waals surface area contributed by atoms with E-state index in [1.54, 1.807) is 28.1 Å². The van der Waals surface area contributed by atoms with E-state index in [0.29, 0.717) is 25.9 Å². The third kappa shape index (κ3) is 17.5. The molecular formula is C57H109NO14Si3. The van der Waals surface area contributed by atoms with Crippen molar-refractivity contribution in [2.75, 3.05) is 27.8 Å². The summed E-state index contributed by atoms with van der Waals surface area (Å²) < 4.78 is 75.4. The van der Waals surface area contributed by atoms with Gasteiger partial charge in [0.1, 0.15) is 36.7 Å². The van der Waals surface area contributed by atoms with Crippen molar-refractivity contribution in [3.63, 3.8) is 0 Å². The molecule has 15 nitrogen and oxygen atoms in total. The van der Waals surface area contributed by atoms with Gasteiger partial charge in [0.15, 0.2) is 43.6 Å². The van der Waals surface area contributed by atoms with E-state index in [-0.39, 0.29) is 45.9 Å². The van der Waals surface area contributed by atoms with E-state index in [9.17, 15) is 9.90 Å². The molecule has 2 bridgehead atoms. The average Bonchev–Trinajstić information content (AvgIpc) is 3.34. The lowest BCUT2D eigenvalue weighted by molar-refractivity contribution is -0.879. The van der Waals surface area contributed by atoms with Crippen molar-refractivity contribution in [3.05, 3.63) is 29.5 Å². The fraction of sp³-hybridized carbons (Fsp3) is 0.912. The van der Waals surface area contributed by atoms with Crippen LogP contribution in [0.4, 0.5) is 0 Å². The number of ether oxygens (including phenoxy) is 8. The number of cyclic esters (lactones) is 1. The maximum Gasteiger partial charge on any atom is 0.308 e. The molecular weight excluding hydrogens is 1010 g/mol. The first kappa shape index (κ1) is 66.6. The van der Waals surface area contributed by atoms with E-state index in [4.69, 9.17) is 51.2 Å². The molecule has 1 unspecified atom stereocenters. The number of esters is 1. The molecule has 438 valence electrons. The molecule has 18 heteroatoms. The van der Waals surface area contributed by atoms with Crippen LogP contribution in [0.3, 0.4) is 0 Å². The number of fused-ring (bicyclic) bond motifs is 3. The van der Waals surface area contributed by atoms with Gasteiger partial charge >= 0.3 is 5.97 Å². The zero-order valence-electron chi connectivity index (χ0n) is 51.4. The number of aliphatic hydroxyl groups is 1. The molecule has 4 rings (SSSR count). The highest BCUT2D eigenvalue weighted by atomic mass is 28.4. The van der Waals surface area contributed by atoms with Gasteiger partial charge in [0, 0.05) is 33.0 Å². The van der Waals surface area contributed by atoms with Crippen LogP contribution in [-0.4, -0.2) is 160 Å².